The van der Waals surface area contributed by atoms with Crippen LogP contribution < -0.4 is 0 Å². The van der Waals surface area contributed by atoms with Crippen LogP contribution in [0, 0.1) is 17.8 Å². The van der Waals surface area contributed by atoms with Gasteiger partial charge in [0.1, 0.15) is 18.0 Å². The monoisotopic (exact) mass is 752 g/mol. The fraction of sp³-hybridized carbons (Fsp3) is 0.816. The lowest BCUT2D eigenvalue weighted by Gasteiger charge is -2.47. The normalized spacial score (nSPS) is 40.5. The number of halogens is 1. The standard InChI is InChI=1S/C38H61FN4O10/c1-12-27-38(9)30(43(35(48)53-38)17-14-16-42-18-15-40-21-42)24(5)28(44)22(3)20-36(7,49-11)32(25(6)31(46)37(8,39)34(47)51-27)52-33-29(45)26(41(10)13-2)19-23(4)50-33/h15,18,21-27,29-30,32-33,45H,12-14,16-17,19-20H2,1-11H3/t22-,23-,24+,25+,26+,27-,29-,30-,32-,33+,36-,37+,38-/m1/s1. The number of aliphatic hydroxyl groups excluding tert-OH is 1. The summed E-state index contributed by atoms with van der Waals surface area (Å²) in [5, 5.41) is 11.5. The Balaban J connectivity index is 1.78. The van der Waals surface area contributed by atoms with Crippen LogP contribution in [0.4, 0.5) is 9.18 Å². The average molecular weight is 753 g/mol. The van der Waals surface area contributed by atoms with Crippen LogP contribution in [0.3, 0.4) is 0 Å². The number of aryl methyl sites for hydroxylation is 1. The number of hydrogen-bond acceptors (Lipinski definition) is 12. The molecule has 1 amide bonds. The number of fused-ring (bicyclic) bond motifs is 1. The highest BCUT2D eigenvalue weighted by molar-refractivity contribution is 6.08. The van der Waals surface area contributed by atoms with Gasteiger partial charge < -0.3 is 43.2 Å². The largest absolute Gasteiger partial charge is 0.455 e. The van der Waals surface area contributed by atoms with E-state index in [1.807, 2.05) is 30.4 Å². The lowest BCUT2D eigenvalue weighted by atomic mass is 9.73. The summed E-state index contributed by atoms with van der Waals surface area (Å²) in [6.07, 6.45) is 0.356. The fourth-order valence-electron chi connectivity index (χ4n) is 8.71. The van der Waals surface area contributed by atoms with Gasteiger partial charge in [-0.25, -0.2) is 19.0 Å². The highest BCUT2D eigenvalue weighted by Gasteiger charge is 2.61. The Morgan fingerprint density at radius 1 is 1.08 bits per heavy atom. The number of ketones is 2. The van der Waals surface area contributed by atoms with Crippen LogP contribution in [-0.4, -0.2) is 135 Å². The first-order valence-electron chi connectivity index (χ1n) is 18.9. The number of nitrogens with zero attached hydrogens (tertiary/aromatic N) is 4. The summed E-state index contributed by atoms with van der Waals surface area (Å²) in [5.74, 6) is -5.72. The van der Waals surface area contributed by atoms with E-state index >= 15 is 4.39 Å². The maximum atomic E-state index is 16.8. The number of carbonyl (C=O) groups is 4. The van der Waals surface area contributed by atoms with Gasteiger partial charge in [0.2, 0.25) is 0 Å². The predicted molar refractivity (Wildman–Crippen MR) is 191 cm³/mol. The van der Waals surface area contributed by atoms with Crippen molar-refractivity contribution < 1.29 is 52.4 Å². The van der Waals surface area contributed by atoms with Gasteiger partial charge in [0.15, 0.2) is 17.7 Å². The second-order valence-corrected chi connectivity index (χ2v) is 15.9. The van der Waals surface area contributed by atoms with E-state index in [4.69, 9.17) is 23.7 Å². The maximum Gasteiger partial charge on any atom is 0.410 e. The smallest absolute Gasteiger partial charge is 0.410 e. The second kappa shape index (κ2) is 16.8. The van der Waals surface area contributed by atoms with Gasteiger partial charge in [-0.2, -0.15) is 0 Å². The Morgan fingerprint density at radius 3 is 2.34 bits per heavy atom. The average Bonchev–Trinajstić information content (AvgIpc) is 3.73. The first-order valence-corrected chi connectivity index (χ1v) is 18.9. The molecule has 1 aromatic heterocycles. The number of esters is 1. The van der Waals surface area contributed by atoms with Gasteiger partial charge >= 0.3 is 12.1 Å². The van der Waals surface area contributed by atoms with Gasteiger partial charge in [0.25, 0.3) is 5.67 Å². The molecular formula is C38H61FN4O10. The predicted octanol–water partition coefficient (Wildman–Crippen LogP) is 3.96. The van der Waals surface area contributed by atoms with Crippen LogP contribution >= 0.6 is 0 Å². The molecule has 15 heteroatoms. The lowest BCUT2D eigenvalue weighted by Crippen LogP contribution is -2.62. The molecule has 0 spiro atoms. The molecule has 13 atom stereocenters. The van der Waals surface area contributed by atoms with Crippen LogP contribution in [0.15, 0.2) is 18.7 Å². The molecule has 300 valence electrons. The number of alkyl halides is 1. The summed E-state index contributed by atoms with van der Waals surface area (Å²) >= 11 is 0. The van der Waals surface area contributed by atoms with Gasteiger partial charge in [-0.3, -0.25) is 9.59 Å². The zero-order chi connectivity index (χ0) is 39.6. The van der Waals surface area contributed by atoms with Crippen molar-refractivity contribution >= 4 is 23.6 Å². The highest BCUT2D eigenvalue weighted by Crippen LogP contribution is 2.43. The minimum Gasteiger partial charge on any atom is -0.455 e. The zero-order valence-electron chi connectivity index (χ0n) is 33.2. The number of rotatable bonds is 10. The third kappa shape index (κ3) is 8.48. The molecule has 3 saturated heterocycles. The molecule has 0 bridgehead atoms. The van der Waals surface area contributed by atoms with E-state index in [9.17, 15) is 24.3 Å². The minimum atomic E-state index is -3.16. The van der Waals surface area contributed by atoms with Crippen LogP contribution in [0.5, 0.6) is 0 Å². The van der Waals surface area contributed by atoms with Crippen LogP contribution in [0.25, 0.3) is 0 Å². The third-order valence-corrected chi connectivity index (χ3v) is 12.0. The highest BCUT2D eigenvalue weighted by atomic mass is 19.1. The number of ether oxygens (including phenoxy) is 5. The third-order valence-electron chi connectivity index (χ3n) is 12.0. The number of methoxy groups -OCH3 is 1. The van der Waals surface area contributed by atoms with E-state index in [-0.39, 0.29) is 37.3 Å². The molecule has 53 heavy (non-hydrogen) atoms. The maximum absolute atomic E-state index is 16.8. The number of Topliss-reactive ketones (excluding diaryl/α,β-unsaturated/α-hetero) is 2. The first-order chi connectivity index (χ1) is 24.8. The van der Waals surface area contributed by atoms with Crippen molar-refractivity contribution in [3.63, 3.8) is 0 Å². The van der Waals surface area contributed by atoms with Crippen LogP contribution in [0.2, 0.25) is 0 Å². The van der Waals surface area contributed by atoms with Gasteiger partial charge in [-0.05, 0) is 67.0 Å². The van der Waals surface area contributed by atoms with Crippen molar-refractivity contribution in [2.45, 2.75) is 154 Å². The SMILES string of the molecule is CC[C@H]1OC(=O)[C@@](C)(F)C(=O)[C@H](C)[C@@H](O[C@@H]2O[C@H](C)C[C@H](N(C)CC)[C@H]2O)[C@](C)(OC)C[C@@H](C)C(=O)[C@H](C)[C@H]2N(CCCn3ccnc3)C(=O)O[C@]12C. The van der Waals surface area contributed by atoms with Gasteiger partial charge in [-0.1, -0.05) is 34.6 Å². The van der Waals surface area contributed by atoms with Gasteiger partial charge in [-0.15, -0.1) is 0 Å². The van der Waals surface area contributed by atoms with E-state index < -0.39 is 83.1 Å². The van der Waals surface area contributed by atoms with E-state index in [1.54, 1.807) is 53.3 Å². The Labute approximate surface area is 313 Å². The topological polar surface area (TPSA) is 159 Å². The van der Waals surface area contributed by atoms with Crippen LogP contribution in [-0.2, 0) is 44.6 Å². The number of aliphatic hydroxyl groups is 1. The lowest BCUT2D eigenvalue weighted by molar-refractivity contribution is -0.296. The van der Waals surface area contributed by atoms with Gasteiger partial charge in [0, 0.05) is 56.4 Å². The quantitative estimate of drug-likeness (QED) is 0.271. The molecule has 0 aromatic carbocycles. The fourth-order valence-corrected chi connectivity index (χ4v) is 8.71. The van der Waals surface area contributed by atoms with Crippen molar-refractivity contribution in [1.29, 1.82) is 0 Å². The molecular weight excluding hydrogens is 691 g/mol. The summed E-state index contributed by atoms with van der Waals surface area (Å²) in [4.78, 5) is 63.7. The summed E-state index contributed by atoms with van der Waals surface area (Å²) in [7, 11) is 3.28. The number of carbonyl (C=O) groups excluding carboxylic acids is 4. The first kappa shape index (κ1) is 42.8. The number of cyclic esters (lactones) is 1. The summed E-state index contributed by atoms with van der Waals surface area (Å²) in [6.45, 7) is 15.9. The van der Waals surface area contributed by atoms with Gasteiger partial charge in [0.05, 0.1) is 30.2 Å². The Bertz CT molecular complexity index is 1450. The summed E-state index contributed by atoms with van der Waals surface area (Å²) in [6, 6.07) is -1.25. The number of likely N-dealkylation sites (N-methyl/N-ethyl adjacent to an activating group) is 1. The molecule has 1 aromatic rings. The van der Waals surface area contributed by atoms with E-state index in [0.717, 1.165) is 6.92 Å². The molecule has 14 nitrogen and oxygen atoms in total. The molecule has 0 saturated carbocycles. The zero-order valence-corrected chi connectivity index (χ0v) is 33.2. The van der Waals surface area contributed by atoms with Crippen molar-refractivity contribution in [1.82, 2.24) is 19.4 Å². The molecule has 4 rings (SSSR count). The van der Waals surface area contributed by atoms with Crippen molar-refractivity contribution in [2.24, 2.45) is 17.8 Å². The van der Waals surface area contributed by atoms with Crippen molar-refractivity contribution in [2.75, 3.05) is 27.2 Å². The van der Waals surface area contributed by atoms with Crippen molar-refractivity contribution in [3.05, 3.63) is 18.7 Å². The Morgan fingerprint density at radius 2 is 1.75 bits per heavy atom. The van der Waals surface area contributed by atoms with E-state index in [1.165, 1.54) is 18.9 Å². The summed E-state index contributed by atoms with van der Waals surface area (Å²) < 4.78 is 49.1. The molecule has 3 fully saturated rings. The number of imidazole rings is 1. The van der Waals surface area contributed by atoms with Crippen molar-refractivity contribution in [3.8, 4) is 0 Å². The molecule has 0 radical (unpaired) electrons. The number of hydrogen-bond donors (Lipinski definition) is 1. The van der Waals surface area contributed by atoms with Crippen LogP contribution in [0.1, 0.15) is 88.0 Å². The number of aromatic nitrogens is 2. The second-order valence-electron chi connectivity index (χ2n) is 15.9. The molecule has 3 aliphatic heterocycles. The molecule has 0 aliphatic carbocycles. The summed E-state index contributed by atoms with van der Waals surface area (Å²) in [5.41, 5.74) is -6.17. The Kier molecular flexibility index (Phi) is 13.6. The molecule has 1 N–H and O–H groups in total. The molecule has 0 unspecified atom stereocenters. The number of amides is 1. The van der Waals surface area contributed by atoms with E-state index in [0.29, 0.717) is 25.9 Å². The van der Waals surface area contributed by atoms with E-state index in [2.05, 4.69) is 4.98 Å². The Hall–Kier alpha value is -2.98. The molecule has 4 heterocycles. The molecule has 3 aliphatic rings. The minimum absolute atomic E-state index is 0.00907.